The van der Waals surface area contributed by atoms with Gasteiger partial charge in [-0.3, -0.25) is 9.59 Å². The van der Waals surface area contributed by atoms with Gasteiger partial charge in [0.25, 0.3) is 0 Å². The van der Waals surface area contributed by atoms with Crippen molar-refractivity contribution in [2.75, 3.05) is 10.6 Å². The minimum Gasteiger partial charge on any atom is -0.326 e. The third-order valence-corrected chi connectivity index (χ3v) is 3.72. The van der Waals surface area contributed by atoms with Gasteiger partial charge in [0.05, 0.1) is 16.8 Å². The van der Waals surface area contributed by atoms with Crippen molar-refractivity contribution < 1.29 is 9.59 Å². The summed E-state index contributed by atoms with van der Waals surface area (Å²) in [6, 6.07) is 4.33. The van der Waals surface area contributed by atoms with Crippen molar-refractivity contribution >= 4 is 34.8 Å². The number of hydrogen-bond acceptors (Lipinski definition) is 3. The standard InChI is InChI=1S/C15H22ClN3O2/c1-4-9(3)14(17)15(21)19-12-8-10(6-7-11(12)16)18-13(20)5-2/h6-9,14H,4-5,17H2,1-3H3,(H,18,20)(H,19,21)/t9?,14-/m0/s1. The number of rotatable bonds is 6. The molecule has 0 heterocycles. The molecule has 1 rings (SSSR count). The summed E-state index contributed by atoms with van der Waals surface area (Å²) in [6.07, 6.45) is 1.19. The molecule has 0 spiro atoms. The van der Waals surface area contributed by atoms with Gasteiger partial charge in [0, 0.05) is 12.1 Å². The fourth-order valence-corrected chi connectivity index (χ4v) is 1.84. The minimum atomic E-state index is -0.597. The molecule has 116 valence electrons. The molecule has 0 saturated carbocycles. The van der Waals surface area contributed by atoms with Crippen LogP contribution in [0.2, 0.25) is 5.02 Å². The molecule has 1 unspecified atom stereocenters. The van der Waals surface area contributed by atoms with E-state index >= 15 is 0 Å². The highest BCUT2D eigenvalue weighted by Crippen LogP contribution is 2.26. The predicted octanol–water partition coefficient (Wildman–Crippen LogP) is 3.00. The molecule has 5 nitrogen and oxygen atoms in total. The van der Waals surface area contributed by atoms with Crippen LogP contribution in [0.3, 0.4) is 0 Å². The van der Waals surface area contributed by atoms with Gasteiger partial charge in [-0.05, 0) is 24.1 Å². The second-order valence-corrected chi connectivity index (χ2v) is 5.40. The van der Waals surface area contributed by atoms with Crippen LogP contribution in [-0.4, -0.2) is 17.9 Å². The third-order valence-electron chi connectivity index (χ3n) is 3.39. The zero-order valence-electron chi connectivity index (χ0n) is 12.6. The summed E-state index contributed by atoms with van der Waals surface area (Å²) < 4.78 is 0. The van der Waals surface area contributed by atoms with Gasteiger partial charge in [0.2, 0.25) is 11.8 Å². The lowest BCUT2D eigenvalue weighted by Crippen LogP contribution is -2.40. The molecular weight excluding hydrogens is 290 g/mol. The van der Waals surface area contributed by atoms with E-state index in [1.165, 1.54) is 0 Å². The highest BCUT2D eigenvalue weighted by atomic mass is 35.5. The van der Waals surface area contributed by atoms with E-state index in [0.29, 0.717) is 22.8 Å². The first kappa shape index (κ1) is 17.5. The summed E-state index contributed by atoms with van der Waals surface area (Å²) in [5.41, 5.74) is 6.91. The van der Waals surface area contributed by atoms with Gasteiger partial charge in [-0.25, -0.2) is 0 Å². The van der Waals surface area contributed by atoms with Gasteiger partial charge < -0.3 is 16.4 Å². The molecule has 4 N–H and O–H groups in total. The Hall–Kier alpha value is -1.59. The maximum absolute atomic E-state index is 12.1. The van der Waals surface area contributed by atoms with Crippen LogP contribution in [0.1, 0.15) is 33.6 Å². The molecule has 0 aliphatic carbocycles. The molecule has 21 heavy (non-hydrogen) atoms. The Labute approximate surface area is 130 Å². The number of hydrogen-bond donors (Lipinski definition) is 3. The summed E-state index contributed by atoms with van der Waals surface area (Å²) in [5.74, 6) is -0.317. The molecule has 2 amide bonds. The fraction of sp³-hybridized carbons (Fsp3) is 0.467. The van der Waals surface area contributed by atoms with Gasteiger partial charge in [0.15, 0.2) is 0 Å². The average Bonchev–Trinajstić information content (AvgIpc) is 2.48. The number of amides is 2. The third kappa shape index (κ3) is 5.02. The first-order valence-electron chi connectivity index (χ1n) is 7.04. The molecule has 0 radical (unpaired) electrons. The summed E-state index contributed by atoms with van der Waals surface area (Å²) in [4.78, 5) is 23.5. The Bertz CT molecular complexity index is 520. The van der Waals surface area contributed by atoms with E-state index in [4.69, 9.17) is 17.3 Å². The van der Waals surface area contributed by atoms with Crippen molar-refractivity contribution in [2.45, 2.75) is 39.7 Å². The molecule has 0 bridgehead atoms. The Morgan fingerprint density at radius 3 is 2.52 bits per heavy atom. The summed E-state index contributed by atoms with van der Waals surface area (Å²) in [6.45, 7) is 5.66. The SMILES string of the molecule is CCC(=O)Nc1ccc(Cl)c(NC(=O)[C@@H](N)C(C)CC)c1. The second kappa shape index (κ2) is 8.00. The van der Waals surface area contributed by atoms with Crippen LogP contribution >= 0.6 is 11.6 Å². The molecule has 0 saturated heterocycles. The van der Waals surface area contributed by atoms with Gasteiger partial charge in [0.1, 0.15) is 0 Å². The number of nitrogens with one attached hydrogen (secondary N) is 2. The Morgan fingerprint density at radius 1 is 1.29 bits per heavy atom. The van der Waals surface area contributed by atoms with Crippen molar-refractivity contribution in [1.82, 2.24) is 0 Å². The monoisotopic (exact) mass is 311 g/mol. The number of nitrogens with two attached hydrogens (primary N) is 1. The summed E-state index contributed by atoms with van der Waals surface area (Å²) in [7, 11) is 0. The Kier molecular flexibility index (Phi) is 6.65. The Balaban J connectivity index is 2.85. The number of benzene rings is 1. The van der Waals surface area contributed by atoms with Gasteiger partial charge in [-0.2, -0.15) is 0 Å². The van der Waals surface area contributed by atoms with Crippen LogP contribution < -0.4 is 16.4 Å². The van der Waals surface area contributed by atoms with Crippen LogP contribution in [0.25, 0.3) is 0 Å². The number of carbonyl (C=O) groups is 2. The average molecular weight is 312 g/mol. The zero-order valence-corrected chi connectivity index (χ0v) is 13.3. The van der Waals surface area contributed by atoms with E-state index in [2.05, 4.69) is 10.6 Å². The van der Waals surface area contributed by atoms with E-state index in [-0.39, 0.29) is 17.7 Å². The molecule has 2 atom stereocenters. The zero-order chi connectivity index (χ0) is 16.0. The van der Waals surface area contributed by atoms with Crippen LogP contribution in [0.4, 0.5) is 11.4 Å². The maximum atomic E-state index is 12.1. The van der Waals surface area contributed by atoms with Crippen molar-refractivity contribution in [3.05, 3.63) is 23.2 Å². The van der Waals surface area contributed by atoms with Crippen LogP contribution in [0.15, 0.2) is 18.2 Å². The smallest absolute Gasteiger partial charge is 0.241 e. The van der Waals surface area contributed by atoms with Crippen molar-refractivity contribution in [1.29, 1.82) is 0 Å². The van der Waals surface area contributed by atoms with E-state index in [9.17, 15) is 9.59 Å². The maximum Gasteiger partial charge on any atom is 0.241 e. The summed E-state index contributed by atoms with van der Waals surface area (Å²) >= 11 is 6.06. The molecule has 1 aromatic carbocycles. The quantitative estimate of drug-likeness (QED) is 0.755. The molecule has 1 aromatic rings. The Morgan fingerprint density at radius 2 is 1.95 bits per heavy atom. The van der Waals surface area contributed by atoms with Gasteiger partial charge in [-0.15, -0.1) is 0 Å². The molecule has 0 aliphatic heterocycles. The molecule has 0 aromatic heterocycles. The predicted molar refractivity (Wildman–Crippen MR) is 86.4 cm³/mol. The normalized spacial score (nSPS) is 13.4. The van der Waals surface area contributed by atoms with Gasteiger partial charge in [-0.1, -0.05) is 38.8 Å². The van der Waals surface area contributed by atoms with E-state index < -0.39 is 6.04 Å². The molecule has 6 heteroatoms. The minimum absolute atomic E-state index is 0.0757. The first-order chi connectivity index (χ1) is 9.88. The van der Waals surface area contributed by atoms with E-state index in [1.807, 2.05) is 13.8 Å². The number of halogens is 1. The lowest BCUT2D eigenvalue weighted by Gasteiger charge is -2.18. The highest BCUT2D eigenvalue weighted by molar-refractivity contribution is 6.34. The van der Waals surface area contributed by atoms with E-state index in [0.717, 1.165) is 6.42 Å². The van der Waals surface area contributed by atoms with Crippen molar-refractivity contribution in [3.8, 4) is 0 Å². The lowest BCUT2D eigenvalue weighted by atomic mass is 9.99. The molecule has 0 fully saturated rings. The fourth-order valence-electron chi connectivity index (χ4n) is 1.68. The van der Waals surface area contributed by atoms with E-state index in [1.54, 1.807) is 25.1 Å². The van der Waals surface area contributed by atoms with Gasteiger partial charge >= 0.3 is 0 Å². The van der Waals surface area contributed by atoms with Crippen molar-refractivity contribution in [3.63, 3.8) is 0 Å². The van der Waals surface area contributed by atoms with Crippen LogP contribution in [-0.2, 0) is 9.59 Å². The first-order valence-corrected chi connectivity index (χ1v) is 7.42. The topological polar surface area (TPSA) is 84.2 Å². The highest BCUT2D eigenvalue weighted by Gasteiger charge is 2.20. The summed E-state index contributed by atoms with van der Waals surface area (Å²) in [5, 5.41) is 5.82. The molecular formula is C15H22ClN3O2. The molecule has 0 aliphatic rings. The van der Waals surface area contributed by atoms with Crippen LogP contribution in [0.5, 0.6) is 0 Å². The lowest BCUT2D eigenvalue weighted by molar-refractivity contribution is -0.118. The number of carbonyl (C=O) groups excluding carboxylic acids is 2. The largest absolute Gasteiger partial charge is 0.326 e. The van der Waals surface area contributed by atoms with Crippen molar-refractivity contribution in [2.24, 2.45) is 11.7 Å². The number of anilines is 2. The second-order valence-electron chi connectivity index (χ2n) is 5.00. The van der Waals surface area contributed by atoms with Crippen LogP contribution in [0, 0.1) is 5.92 Å².